The second-order valence-corrected chi connectivity index (χ2v) is 7.67. The number of ether oxygens (including phenoxy) is 1. The summed E-state index contributed by atoms with van der Waals surface area (Å²) in [6, 6.07) is 6.63. The van der Waals surface area contributed by atoms with Crippen LogP contribution in [0.3, 0.4) is 0 Å². The Kier molecular flexibility index (Phi) is 6.64. The maximum atomic E-state index is 12.1. The minimum absolute atomic E-state index is 0.0510. The highest BCUT2D eigenvalue weighted by Crippen LogP contribution is 2.22. The van der Waals surface area contributed by atoms with Crippen LogP contribution in [0.4, 0.5) is 0 Å². The van der Waals surface area contributed by atoms with Crippen molar-refractivity contribution in [2.75, 3.05) is 13.2 Å². The number of amides is 1. The van der Waals surface area contributed by atoms with Gasteiger partial charge >= 0.3 is 0 Å². The van der Waals surface area contributed by atoms with Crippen LogP contribution in [0.1, 0.15) is 42.5 Å². The molecule has 0 aliphatic heterocycles. The van der Waals surface area contributed by atoms with Gasteiger partial charge in [-0.2, -0.15) is 0 Å². The Balaban J connectivity index is 1.79. The molecule has 0 atom stereocenters. The molecule has 1 aromatic carbocycles. The van der Waals surface area contributed by atoms with Gasteiger partial charge in [0.2, 0.25) is 10.0 Å². The molecule has 7 heteroatoms. The molecule has 0 unspecified atom stereocenters. The zero-order valence-corrected chi connectivity index (χ0v) is 14.3. The highest BCUT2D eigenvalue weighted by molar-refractivity contribution is 7.90. The van der Waals surface area contributed by atoms with E-state index >= 15 is 0 Å². The molecule has 0 aromatic heterocycles. The zero-order valence-electron chi connectivity index (χ0n) is 13.5. The Hall–Kier alpha value is -2.04. The fraction of sp³-hybridized carbons (Fsp3) is 0.471. The number of nitrogens with two attached hydrogens (primary N) is 1. The summed E-state index contributed by atoms with van der Waals surface area (Å²) >= 11 is 0. The maximum absolute atomic E-state index is 12.1. The number of benzene rings is 1. The molecule has 130 valence electrons. The van der Waals surface area contributed by atoms with Gasteiger partial charge in [0.25, 0.3) is 5.91 Å². The molecule has 1 aliphatic carbocycles. The predicted octanol–water partition coefficient (Wildman–Crippen LogP) is 1.42. The van der Waals surface area contributed by atoms with Gasteiger partial charge in [-0.05, 0) is 25.0 Å². The number of carbonyl (C=O) groups is 1. The summed E-state index contributed by atoms with van der Waals surface area (Å²) in [5.41, 5.74) is 5.54. The molecule has 24 heavy (non-hydrogen) atoms. The largest absolute Gasteiger partial charge is 0.480 e. The molecule has 1 aromatic rings. The molecule has 0 radical (unpaired) electrons. The van der Waals surface area contributed by atoms with E-state index in [1.807, 2.05) is 0 Å². The number of nitrogens with one attached hydrogen (secondary N) is 1. The second kappa shape index (κ2) is 8.71. The summed E-state index contributed by atoms with van der Waals surface area (Å²) < 4.78 is 32.1. The highest BCUT2D eigenvalue weighted by Gasteiger charge is 2.26. The number of rotatable bonds is 6. The van der Waals surface area contributed by atoms with Crippen LogP contribution < -0.4 is 15.2 Å². The zero-order chi connectivity index (χ0) is 17.4. The summed E-state index contributed by atoms with van der Waals surface area (Å²) in [6.45, 7) is 0.106. The SMILES string of the molecule is NC(=O)c1ccccc1OCC#CCNS(=O)(=O)C1CCCCC1. The molecule has 6 nitrogen and oxygen atoms in total. The summed E-state index contributed by atoms with van der Waals surface area (Å²) in [5.74, 6) is 5.23. The first-order valence-electron chi connectivity index (χ1n) is 7.96. The lowest BCUT2D eigenvalue weighted by Crippen LogP contribution is -2.35. The van der Waals surface area contributed by atoms with Crippen molar-refractivity contribution in [3.8, 4) is 17.6 Å². The third kappa shape index (κ3) is 5.25. The Bertz CT molecular complexity index is 728. The molecular weight excluding hydrogens is 328 g/mol. The van der Waals surface area contributed by atoms with Crippen molar-refractivity contribution in [2.45, 2.75) is 37.4 Å². The van der Waals surface area contributed by atoms with Crippen LogP contribution >= 0.6 is 0 Å². The number of hydrogen-bond acceptors (Lipinski definition) is 4. The quantitative estimate of drug-likeness (QED) is 0.758. The summed E-state index contributed by atoms with van der Waals surface area (Å²) in [5, 5.41) is -0.299. The van der Waals surface area contributed by atoms with Gasteiger partial charge in [0.05, 0.1) is 17.4 Å². The second-order valence-electron chi connectivity index (χ2n) is 5.63. The van der Waals surface area contributed by atoms with Crippen LogP contribution in [0.15, 0.2) is 24.3 Å². The van der Waals surface area contributed by atoms with Crippen molar-refractivity contribution in [2.24, 2.45) is 5.73 Å². The molecule has 0 heterocycles. The van der Waals surface area contributed by atoms with Crippen LogP contribution in [-0.4, -0.2) is 32.7 Å². The Morgan fingerprint density at radius 2 is 1.92 bits per heavy atom. The Morgan fingerprint density at radius 3 is 2.62 bits per heavy atom. The van der Waals surface area contributed by atoms with Crippen LogP contribution in [0.25, 0.3) is 0 Å². The number of sulfonamides is 1. The van der Waals surface area contributed by atoms with Gasteiger partial charge in [0.15, 0.2) is 0 Å². The third-order valence-electron chi connectivity index (χ3n) is 3.93. The van der Waals surface area contributed by atoms with Gasteiger partial charge in [-0.25, -0.2) is 13.1 Å². The molecule has 1 aliphatic rings. The number of carbonyl (C=O) groups excluding carboxylic acids is 1. The molecule has 1 amide bonds. The summed E-state index contributed by atoms with van der Waals surface area (Å²) in [7, 11) is -3.30. The van der Waals surface area contributed by atoms with E-state index in [0.717, 1.165) is 32.1 Å². The molecule has 1 fully saturated rings. The van der Waals surface area contributed by atoms with Gasteiger partial charge in [0.1, 0.15) is 12.4 Å². The molecular formula is C17H22N2O4S. The van der Waals surface area contributed by atoms with E-state index in [4.69, 9.17) is 10.5 Å². The number of primary amides is 1. The average Bonchev–Trinajstić information content (AvgIpc) is 2.59. The Morgan fingerprint density at radius 1 is 1.21 bits per heavy atom. The van der Waals surface area contributed by atoms with E-state index in [-0.39, 0.29) is 24.0 Å². The molecule has 1 saturated carbocycles. The maximum Gasteiger partial charge on any atom is 0.252 e. The van der Waals surface area contributed by atoms with Crippen molar-refractivity contribution < 1.29 is 17.9 Å². The number of para-hydroxylation sites is 1. The lowest BCUT2D eigenvalue weighted by Gasteiger charge is -2.21. The standard InChI is InChI=1S/C17H22N2O4S/c18-17(20)15-10-4-5-11-16(15)23-13-7-6-12-19-24(21,22)14-8-2-1-3-9-14/h4-5,10-11,14,19H,1-3,8-9,12-13H2,(H2,18,20). The van der Waals surface area contributed by atoms with E-state index in [9.17, 15) is 13.2 Å². The lowest BCUT2D eigenvalue weighted by molar-refractivity contribution is 0.0997. The van der Waals surface area contributed by atoms with Gasteiger partial charge in [-0.1, -0.05) is 43.2 Å². The topological polar surface area (TPSA) is 98.5 Å². The fourth-order valence-corrected chi connectivity index (χ4v) is 4.12. The summed E-state index contributed by atoms with van der Waals surface area (Å²) in [4.78, 5) is 11.2. The first-order valence-corrected chi connectivity index (χ1v) is 9.51. The van der Waals surface area contributed by atoms with Gasteiger partial charge in [0, 0.05) is 0 Å². The van der Waals surface area contributed by atoms with Crippen molar-refractivity contribution in [3.05, 3.63) is 29.8 Å². The first kappa shape index (κ1) is 18.3. The summed E-state index contributed by atoms with van der Waals surface area (Å²) in [6.07, 6.45) is 4.47. The molecule has 0 spiro atoms. The van der Waals surface area contributed by atoms with E-state index < -0.39 is 15.9 Å². The highest BCUT2D eigenvalue weighted by atomic mass is 32.2. The van der Waals surface area contributed by atoms with E-state index in [1.165, 1.54) is 0 Å². The van der Waals surface area contributed by atoms with Gasteiger partial charge in [-0.3, -0.25) is 4.79 Å². The van der Waals surface area contributed by atoms with Crippen molar-refractivity contribution >= 4 is 15.9 Å². The van der Waals surface area contributed by atoms with Crippen molar-refractivity contribution in [1.29, 1.82) is 0 Å². The van der Waals surface area contributed by atoms with Crippen LogP contribution in [0.2, 0.25) is 0 Å². The fourth-order valence-electron chi connectivity index (χ4n) is 2.65. The van der Waals surface area contributed by atoms with E-state index in [2.05, 4.69) is 16.6 Å². The minimum Gasteiger partial charge on any atom is -0.480 e. The van der Waals surface area contributed by atoms with E-state index in [0.29, 0.717) is 5.75 Å². The first-order chi connectivity index (χ1) is 11.5. The minimum atomic E-state index is -3.30. The van der Waals surface area contributed by atoms with E-state index in [1.54, 1.807) is 24.3 Å². The van der Waals surface area contributed by atoms with Gasteiger partial charge in [-0.15, -0.1) is 0 Å². The number of hydrogen-bond donors (Lipinski definition) is 2. The lowest BCUT2D eigenvalue weighted by atomic mass is 10.0. The van der Waals surface area contributed by atoms with Crippen molar-refractivity contribution in [1.82, 2.24) is 4.72 Å². The van der Waals surface area contributed by atoms with Crippen LogP contribution in [0, 0.1) is 11.8 Å². The molecule has 0 saturated heterocycles. The van der Waals surface area contributed by atoms with Crippen molar-refractivity contribution in [3.63, 3.8) is 0 Å². The van der Waals surface area contributed by atoms with Crippen LogP contribution in [0.5, 0.6) is 5.75 Å². The predicted molar refractivity (Wildman–Crippen MR) is 92.0 cm³/mol. The van der Waals surface area contributed by atoms with Gasteiger partial charge < -0.3 is 10.5 Å². The average molecular weight is 350 g/mol. The molecule has 3 N–H and O–H groups in total. The third-order valence-corrected chi connectivity index (χ3v) is 5.83. The Labute approximate surface area is 142 Å². The van der Waals surface area contributed by atoms with Crippen LogP contribution in [-0.2, 0) is 10.0 Å². The smallest absolute Gasteiger partial charge is 0.252 e. The molecule has 0 bridgehead atoms. The normalized spacial score (nSPS) is 15.3. The monoisotopic (exact) mass is 350 g/mol. The molecule has 2 rings (SSSR count).